The van der Waals surface area contributed by atoms with Crippen molar-refractivity contribution in [1.29, 1.82) is 0 Å². The molecular weight excluding hydrogens is 330 g/mol. The lowest BCUT2D eigenvalue weighted by atomic mass is 9.91. The fourth-order valence-corrected chi connectivity index (χ4v) is 3.60. The number of anilines is 1. The Morgan fingerprint density at radius 2 is 2.29 bits per heavy atom. The monoisotopic (exact) mass is 353 g/mol. The maximum Gasteiger partial charge on any atom is 0.238 e. The average Bonchev–Trinajstić information content (AvgIpc) is 2.42. The van der Waals surface area contributed by atoms with E-state index in [1.165, 1.54) is 6.42 Å². The van der Waals surface area contributed by atoms with Crippen LogP contribution in [0.25, 0.3) is 0 Å². The molecule has 0 bridgehead atoms. The fraction of sp³-hybridized carbons (Fsp3) is 0.562. The summed E-state index contributed by atoms with van der Waals surface area (Å²) in [6, 6.07) is 6.23. The van der Waals surface area contributed by atoms with Gasteiger partial charge >= 0.3 is 0 Å². The predicted octanol–water partition coefficient (Wildman–Crippen LogP) is 2.76. The summed E-state index contributed by atoms with van der Waals surface area (Å²) in [5, 5.41) is 2.98. The number of piperidine rings is 1. The first kappa shape index (κ1) is 16.5. The van der Waals surface area contributed by atoms with Crippen molar-refractivity contribution in [3.05, 3.63) is 28.2 Å². The summed E-state index contributed by atoms with van der Waals surface area (Å²) in [6.07, 6.45) is 2.34. The topological polar surface area (TPSA) is 58.4 Å². The zero-order valence-electron chi connectivity index (χ0n) is 12.7. The van der Waals surface area contributed by atoms with E-state index < -0.39 is 0 Å². The quantitative estimate of drug-likeness (QED) is 0.874. The lowest BCUT2D eigenvalue weighted by Crippen LogP contribution is -2.51. The molecule has 0 spiro atoms. The minimum atomic E-state index is 0.0205. The van der Waals surface area contributed by atoms with Crippen LogP contribution in [0.1, 0.15) is 25.3 Å². The standard InChI is InChI=1S/C16H24BrN3O/c1-11-5-6-14(13(17)8-11)19-16(21)10-20-7-3-4-12(2)15(20)9-18/h5-6,8,12,15H,3-4,7,9-10,18H2,1-2H3,(H,19,21). The highest BCUT2D eigenvalue weighted by atomic mass is 79.9. The molecule has 2 atom stereocenters. The average molecular weight is 354 g/mol. The molecule has 1 saturated heterocycles. The van der Waals surface area contributed by atoms with Gasteiger partial charge in [-0.25, -0.2) is 0 Å². The largest absolute Gasteiger partial charge is 0.329 e. The highest BCUT2D eigenvalue weighted by molar-refractivity contribution is 9.10. The molecule has 0 aliphatic carbocycles. The van der Waals surface area contributed by atoms with E-state index >= 15 is 0 Å². The SMILES string of the molecule is Cc1ccc(NC(=O)CN2CCCC(C)C2CN)c(Br)c1. The molecule has 0 aromatic heterocycles. The second-order valence-corrected chi connectivity index (χ2v) is 6.78. The van der Waals surface area contributed by atoms with E-state index in [0.717, 1.165) is 28.7 Å². The summed E-state index contributed by atoms with van der Waals surface area (Å²) in [5.74, 6) is 0.578. The van der Waals surface area contributed by atoms with Gasteiger partial charge in [-0.05, 0) is 65.9 Å². The molecule has 1 fully saturated rings. The minimum absolute atomic E-state index is 0.0205. The molecule has 1 heterocycles. The lowest BCUT2D eigenvalue weighted by molar-refractivity contribution is -0.118. The number of halogens is 1. The van der Waals surface area contributed by atoms with Crippen molar-refractivity contribution in [2.75, 3.05) is 25.0 Å². The first-order chi connectivity index (χ1) is 10.0. The van der Waals surface area contributed by atoms with Crippen LogP contribution >= 0.6 is 15.9 Å². The van der Waals surface area contributed by atoms with Crippen molar-refractivity contribution in [1.82, 2.24) is 4.90 Å². The Morgan fingerprint density at radius 3 is 2.95 bits per heavy atom. The molecule has 21 heavy (non-hydrogen) atoms. The smallest absolute Gasteiger partial charge is 0.238 e. The van der Waals surface area contributed by atoms with E-state index in [-0.39, 0.29) is 5.91 Å². The number of rotatable bonds is 4. The molecule has 0 saturated carbocycles. The molecule has 2 rings (SSSR count). The number of nitrogens with two attached hydrogens (primary N) is 1. The number of nitrogens with zero attached hydrogens (tertiary/aromatic N) is 1. The summed E-state index contributed by atoms with van der Waals surface area (Å²) in [7, 11) is 0. The molecule has 2 unspecified atom stereocenters. The third-order valence-electron chi connectivity index (χ3n) is 4.22. The van der Waals surface area contributed by atoms with Gasteiger partial charge in [-0.2, -0.15) is 0 Å². The van der Waals surface area contributed by atoms with Crippen LogP contribution in [0.15, 0.2) is 22.7 Å². The summed E-state index contributed by atoms with van der Waals surface area (Å²) in [4.78, 5) is 14.5. The first-order valence-electron chi connectivity index (χ1n) is 7.51. The molecule has 1 aliphatic rings. The zero-order valence-corrected chi connectivity index (χ0v) is 14.3. The molecule has 4 nitrogen and oxygen atoms in total. The highest BCUT2D eigenvalue weighted by Crippen LogP contribution is 2.25. The third-order valence-corrected chi connectivity index (χ3v) is 4.87. The molecule has 3 N–H and O–H groups in total. The number of carbonyl (C=O) groups excluding carboxylic acids is 1. The predicted molar refractivity (Wildman–Crippen MR) is 90.3 cm³/mol. The van der Waals surface area contributed by atoms with Crippen LogP contribution in [0, 0.1) is 12.8 Å². The van der Waals surface area contributed by atoms with E-state index in [9.17, 15) is 4.79 Å². The first-order valence-corrected chi connectivity index (χ1v) is 8.30. The van der Waals surface area contributed by atoms with Crippen LogP contribution in [0.2, 0.25) is 0 Å². The lowest BCUT2D eigenvalue weighted by Gasteiger charge is -2.38. The van der Waals surface area contributed by atoms with Crippen molar-refractivity contribution >= 4 is 27.5 Å². The van der Waals surface area contributed by atoms with E-state index in [2.05, 4.69) is 33.1 Å². The van der Waals surface area contributed by atoms with Crippen molar-refractivity contribution in [2.45, 2.75) is 32.7 Å². The Hall–Kier alpha value is -0.910. The van der Waals surface area contributed by atoms with E-state index in [0.29, 0.717) is 25.0 Å². The van der Waals surface area contributed by atoms with Gasteiger partial charge in [0.05, 0.1) is 12.2 Å². The van der Waals surface area contributed by atoms with Gasteiger partial charge in [-0.15, -0.1) is 0 Å². The van der Waals surface area contributed by atoms with Crippen molar-refractivity contribution < 1.29 is 4.79 Å². The molecule has 1 aliphatic heterocycles. The van der Waals surface area contributed by atoms with Crippen LogP contribution in [0.5, 0.6) is 0 Å². The number of hydrogen-bond acceptors (Lipinski definition) is 3. The Bertz CT molecular complexity index is 506. The van der Waals surface area contributed by atoms with Crippen molar-refractivity contribution in [2.24, 2.45) is 11.7 Å². The van der Waals surface area contributed by atoms with Crippen LogP contribution in [-0.4, -0.2) is 36.5 Å². The highest BCUT2D eigenvalue weighted by Gasteiger charge is 2.28. The Kier molecular flexibility index (Phi) is 5.79. The van der Waals surface area contributed by atoms with E-state index in [1.54, 1.807) is 0 Å². The maximum absolute atomic E-state index is 12.3. The molecule has 1 amide bonds. The van der Waals surface area contributed by atoms with Crippen LogP contribution in [-0.2, 0) is 4.79 Å². The number of benzene rings is 1. The van der Waals surface area contributed by atoms with Crippen molar-refractivity contribution in [3.63, 3.8) is 0 Å². The number of nitrogens with one attached hydrogen (secondary N) is 1. The van der Waals surface area contributed by atoms with Gasteiger partial charge in [0.25, 0.3) is 0 Å². The number of likely N-dealkylation sites (tertiary alicyclic amines) is 1. The van der Waals surface area contributed by atoms with Gasteiger partial charge < -0.3 is 11.1 Å². The van der Waals surface area contributed by atoms with Crippen LogP contribution in [0.4, 0.5) is 5.69 Å². The summed E-state index contributed by atoms with van der Waals surface area (Å²) in [5.41, 5.74) is 7.85. The second-order valence-electron chi connectivity index (χ2n) is 5.92. The number of amides is 1. The number of hydrogen-bond donors (Lipinski definition) is 2. The molecule has 1 aromatic carbocycles. The summed E-state index contributed by atoms with van der Waals surface area (Å²) < 4.78 is 0.915. The number of carbonyl (C=O) groups is 1. The fourth-order valence-electron chi connectivity index (χ4n) is 3.01. The van der Waals surface area contributed by atoms with Crippen LogP contribution in [0.3, 0.4) is 0 Å². The molecule has 5 heteroatoms. The minimum Gasteiger partial charge on any atom is -0.329 e. The van der Waals surface area contributed by atoms with Gasteiger partial charge in [-0.3, -0.25) is 9.69 Å². The van der Waals surface area contributed by atoms with Gasteiger partial charge in [-0.1, -0.05) is 13.0 Å². The Balaban J connectivity index is 1.97. The Morgan fingerprint density at radius 1 is 1.52 bits per heavy atom. The molecule has 116 valence electrons. The molecule has 0 radical (unpaired) electrons. The second kappa shape index (κ2) is 7.38. The van der Waals surface area contributed by atoms with Gasteiger partial charge in [0.1, 0.15) is 0 Å². The molecule has 1 aromatic rings. The van der Waals surface area contributed by atoms with Crippen LogP contribution < -0.4 is 11.1 Å². The van der Waals surface area contributed by atoms with Crippen molar-refractivity contribution in [3.8, 4) is 0 Å². The van der Waals surface area contributed by atoms with Gasteiger partial charge in [0, 0.05) is 17.1 Å². The van der Waals surface area contributed by atoms with Gasteiger partial charge in [0.15, 0.2) is 0 Å². The summed E-state index contributed by atoms with van der Waals surface area (Å²) >= 11 is 3.49. The third kappa shape index (κ3) is 4.28. The molecular formula is C16H24BrN3O. The normalized spacial score (nSPS) is 23.0. The maximum atomic E-state index is 12.3. The zero-order chi connectivity index (χ0) is 15.4. The van der Waals surface area contributed by atoms with E-state index in [4.69, 9.17) is 5.73 Å². The van der Waals surface area contributed by atoms with Gasteiger partial charge in [0.2, 0.25) is 5.91 Å². The van der Waals surface area contributed by atoms with E-state index in [1.807, 2.05) is 25.1 Å². The Labute approximate surface area is 135 Å². The summed E-state index contributed by atoms with van der Waals surface area (Å²) in [6.45, 7) is 6.22. The number of aryl methyl sites for hydroxylation is 1.